The van der Waals surface area contributed by atoms with E-state index in [1.54, 1.807) is 6.33 Å². The van der Waals surface area contributed by atoms with E-state index in [-0.39, 0.29) is 5.92 Å². The first-order chi connectivity index (χ1) is 10.8. The van der Waals surface area contributed by atoms with Crippen molar-refractivity contribution in [3.8, 4) is 0 Å². The summed E-state index contributed by atoms with van der Waals surface area (Å²) < 4.78 is 0. The fourth-order valence-electron chi connectivity index (χ4n) is 3.18. The van der Waals surface area contributed by atoms with E-state index in [1.807, 2.05) is 11.8 Å². The molecule has 6 heteroatoms. The smallest absolute Gasteiger partial charge is 0.227 e. The Bertz CT molecular complexity index is 519. The van der Waals surface area contributed by atoms with Gasteiger partial charge in [0.1, 0.15) is 12.1 Å². The third kappa shape index (κ3) is 3.54. The molecule has 3 heterocycles. The highest BCUT2D eigenvalue weighted by molar-refractivity contribution is 7.99. The van der Waals surface area contributed by atoms with Crippen molar-refractivity contribution in [2.45, 2.75) is 26.2 Å². The maximum Gasteiger partial charge on any atom is 0.227 e. The fourth-order valence-corrected chi connectivity index (χ4v) is 4.08. The Hall–Kier alpha value is -1.30. The van der Waals surface area contributed by atoms with Gasteiger partial charge in [0.25, 0.3) is 0 Å². The number of anilines is 1. The van der Waals surface area contributed by atoms with Crippen LogP contribution in [0.5, 0.6) is 0 Å². The summed E-state index contributed by atoms with van der Waals surface area (Å²) in [6.07, 6.45) is 4.62. The summed E-state index contributed by atoms with van der Waals surface area (Å²) in [6.45, 7) is 5.70. The van der Waals surface area contributed by atoms with E-state index >= 15 is 0 Å². The molecule has 0 bridgehead atoms. The number of thioether (sulfide) groups is 1. The number of nitrogens with zero attached hydrogens (tertiary/aromatic N) is 4. The minimum Gasteiger partial charge on any atom is -0.356 e. The average Bonchev–Trinajstić information content (AvgIpc) is 2.62. The normalized spacial score (nSPS) is 22.7. The Morgan fingerprint density at radius 2 is 2.14 bits per heavy atom. The van der Waals surface area contributed by atoms with E-state index in [0.29, 0.717) is 5.91 Å². The predicted octanol–water partition coefficient (Wildman–Crippen LogP) is 1.83. The van der Waals surface area contributed by atoms with Crippen molar-refractivity contribution in [3.63, 3.8) is 0 Å². The highest BCUT2D eigenvalue weighted by atomic mass is 32.2. The quantitative estimate of drug-likeness (QED) is 0.850. The minimum absolute atomic E-state index is 0.122. The molecule has 0 aliphatic carbocycles. The zero-order chi connectivity index (χ0) is 15.4. The number of carbonyl (C=O) groups excluding carboxylic acids is 1. The topological polar surface area (TPSA) is 49.3 Å². The number of hydrogen-bond acceptors (Lipinski definition) is 5. The van der Waals surface area contributed by atoms with Gasteiger partial charge in [-0.15, -0.1) is 0 Å². The highest BCUT2D eigenvalue weighted by Gasteiger charge is 2.30. The maximum absolute atomic E-state index is 12.7. The van der Waals surface area contributed by atoms with Gasteiger partial charge in [0.15, 0.2) is 0 Å². The second kappa shape index (κ2) is 7.31. The van der Waals surface area contributed by atoms with E-state index in [9.17, 15) is 4.79 Å². The number of rotatable bonds is 3. The van der Waals surface area contributed by atoms with Crippen molar-refractivity contribution in [2.24, 2.45) is 5.92 Å². The number of hydrogen-bond donors (Lipinski definition) is 0. The summed E-state index contributed by atoms with van der Waals surface area (Å²) in [5, 5.41) is 0. The molecule has 1 amide bonds. The number of carbonyl (C=O) groups is 1. The van der Waals surface area contributed by atoms with Gasteiger partial charge < -0.3 is 9.80 Å². The Labute approximate surface area is 136 Å². The van der Waals surface area contributed by atoms with Crippen molar-refractivity contribution in [2.75, 3.05) is 42.6 Å². The van der Waals surface area contributed by atoms with E-state index in [1.165, 1.54) is 0 Å². The lowest BCUT2D eigenvalue weighted by Gasteiger charge is -2.36. The van der Waals surface area contributed by atoms with Crippen LogP contribution in [0.3, 0.4) is 0 Å². The fraction of sp³-hybridized carbons (Fsp3) is 0.688. The van der Waals surface area contributed by atoms with Crippen molar-refractivity contribution >= 4 is 23.5 Å². The first kappa shape index (κ1) is 15.6. The van der Waals surface area contributed by atoms with Gasteiger partial charge in [0, 0.05) is 49.4 Å². The Morgan fingerprint density at radius 1 is 1.32 bits per heavy atom. The molecule has 5 nitrogen and oxygen atoms in total. The van der Waals surface area contributed by atoms with E-state index < -0.39 is 0 Å². The van der Waals surface area contributed by atoms with Gasteiger partial charge in [-0.2, -0.15) is 11.8 Å². The Morgan fingerprint density at radius 3 is 2.91 bits per heavy atom. The molecule has 1 aromatic heterocycles. The predicted molar refractivity (Wildman–Crippen MR) is 90.3 cm³/mol. The molecule has 0 radical (unpaired) electrons. The summed E-state index contributed by atoms with van der Waals surface area (Å²) in [5.41, 5.74) is 1.06. The van der Waals surface area contributed by atoms with Crippen LogP contribution in [0.1, 0.15) is 25.5 Å². The summed E-state index contributed by atoms with van der Waals surface area (Å²) in [4.78, 5) is 25.7. The summed E-state index contributed by atoms with van der Waals surface area (Å²) >= 11 is 1.94. The minimum atomic E-state index is 0.122. The van der Waals surface area contributed by atoms with Crippen molar-refractivity contribution < 1.29 is 4.79 Å². The van der Waals surface area contributed by atoms with Crippen molar-refractivity contribution in [1.82, 2.24) is 14.9 Å². The van der Waals surface area contributed by atoms with E-state index in [2.05, 4.69) is 32.8 Å². The van der Waals surface area contributed by atoms with E-state index in [0.717, 1.165) is 68.5 Å². The molecule has 2 fully saturated rings. The second-order valence-electron chi connectivity index (χ2n) is 5.94. The van der Waals surface area contributed by atoms with Gasteiger partial charge >= 0.3 is 0 Å². The van der Waals surface area contributed by atoms with Crippen LogP contribution in [-0.4, -0.2) is 58.5 Å². The van der Waals surface area contributed by atoms with Gasteiger partial charge in [0.05, 0.1) is 5.92 Å². The number of amides is 1. The molecule has 22 heavy (non-hydrogen) atoms. The monoisotopic (exact) mass is 320 g/mol. The van der Waals surface area contributed by atoms with Crippen molar-refractivity contribution in [3.05, 3.63) is 18.1 Å². The first-order valence-corrected chi connectivity index (χ1v) is 9.36. The van der Waals surface area contributed by atoms with Crippen LogP contribution in [0.4, 0.5) is 5.82 Å². The molecule has 0 saturated carbocycles. The molecule has 1 aromatic rings. The van der Waals surface area contributed by atoms with Gasteiger partial charge in [0.2, 0.25) is 5.91 Å². The van der Waals surface area contributed by atoms with Gasteiger partial charge in [-0.05, 0) is 19.3 Å². The van der Waals surface area contributed by atoms with Crippen LogP contribution in [0.15, 0.2) is 12.4 Å². The number of aryl methyl sites for hydroxylation is 1. The lowest BCUT2D eigenvalue weighted by molar-refractivity contribution is -0.135. The highest BCUT2D eigenvalue weighted by Crippen LogP contribution is 2.24. The van der Waals surface area contributed by atoms with Crippen LogP contribution in [-0.2, 0) is 11.2 Å². The SMILES string of the molecule is CCc1cc(N2CCCC(C(=O)N3CCSCC3)C2)ncn1. The molecule has 2 aliphatic heterocycles. The molecular weight excluding hydrogens is 296 g/mol. The van der Waals surface area contributed by atoms with Gasteiger partial charge in [-0.25, -0.2) is 9.97 Å². The summed E-state index contributed by atoms with van der Waals surface area (Å²) in [5.74, 6) is 3.59. The number of piperidine rings is 1. The van der Waals surface area contributed by atoms with Crippen LogP contribution >= 0.6 is 11.8 Å². The maximum atomic E-state index is 12.7. The largest absolute Gasteiger partial charge is 0.356 e. The summed E-state index contributed by atoms with van der Waals surface area (Å²) in [6, 6.07) is 2.06. The van der Waals surface area contributed by atoms with E-state index in [4.69, 9.17) is 0 Å². The molecule has 2 saturated heterocycles. The first-order valence-electron chi connectivity index (χ1n) is 8.20. The molecule has 3 rings (SSSR count). The van der Waals surface area contributed by atoms with Crippen LogP contribution < -0.4 is 4.90 Å². The lowest BCUT2D eigenvalue weighted by Crippen LogP contribution is -2.47. The molecule has 0 aromatic carbocycles. The van der Waals surface area contributed by atoms with Gasteiger partial charge in [-0.3, -0.25) is 4.79 Å². The second-order valence-corrected chi connectivity index (χ2v) is 7.17. The zero-order valence-corrected chi connectivity index (χ0v) is 14.0. The van der Waals surface area contributed by atoms with Gasteiger partial charge in [-0.1, -0.05) is 6.92 Å². The van der Waals surface area contributed by atoms with Crippen molar-refractivity contribution in [1.29, 1.82) is 0 Å². The molecule has 0 N–H and O–H groups in total. The third-order valence-electron chi connectivity index (χ3n) is 4.49. The molecule has 1 unspecified atom stereocenters. The van der Waals surface area contributed by atoms with Crippen LogP contribution in [0.25, 0.3) is 0 Å². The molecule has 2 aliphatic rings. The third-order valence-corrected chi connectivity index (χ3v) is 5.43. The Kier molecular flexibility index (Phi) is 5.18. The number of aromatic nitrogens is 2. The summed E-state index contributed by atoms with van der Waals surface area (Å²) in [7, 11) is 0. The molecule has 120 valence electrons. The molecule has 0 spiro atoms. The Balaban J connectivity index is 1.66. The lowest BCUT2D eigenvalue weighted by atomic mass is 9.96. The zero-order valence-electron chi connectivity index (χ0n) is 13.2. The molecular formula is C16H24N4OS. The average molecular weight is 320 g/mol. The molecule has 1 atom stereocenters. The van der Waals surface area contributed by atoms with Crippen LogP contribution in [0.2, 0.25) is 0 Å². The standard InChI is InChI=1S/C16H24N4OS/c1-2-14-10-15(18-12-17-14)20-5-3-4-13(11-20)16(21)19-6-8-22-9-7-19/h10,12-13H,2-9,11H2,1H3. The van der Waals surface area contributed by atoms with Crippen LogP contribution in [0, 0.1) is 5.92 Å².